The first-order valence-electron chi connectivity index (χ1n) is 5.92. The molecule has 0 spiro atoms. The van der Waals surface area contributed by atoms with Gasteiger partial charge in [-0.05, 0) is 42.9 Å². The van der Waals surface area contributed by atoms with Gasteiger partial charge in [0.05, 0.1) is 15.9 Å². The number of halogens is 1. The minimum absolute atomic E-state index is 0.960. The maximum atomic E-state index is 4.40. The van der Waals surface area contributed by atoms with E-state index in [1.54, 1.807) is 0 Å². The van der Waals surface area contributed by atoms with Gasteiger partial charge in [0.2, 0.25) is 0 Å². The van der Waals surface area contributed by atoms with Crippen molar-refractivity contribution >= 4 is 15.9 Å². The minimum atomic E-state index is 0.960. The Morgan fingerprint density at radius 3 is 2.56 bits per heavy atom. The molecule has 0 saturated carbocycles. The van der Waals surface area contributed by atoms with E-state index >= 15 is 0 Å². The SMILES string of the molecule is CCCCCN(C)Cc1c(Br)c(C)nn1C. The molecule has 0 aliphatic carbocycles. The summed E-state index contributed by atoms with van der Waals surface area (Å²) < 4.78 is 3.12. The Morgan fingerprint density at radius 1 is 1.38 bits per heavy atom. The maximum absolute atomic E-state index is 4.40. The standard InChI is InChI=1S/C12H22BrN3/c1-5-6-7-8-15(3)9-11-12(13)10(2)14-16(11)4/h5-9H2,1-4H3. The highest BCUT2D eigenvalue weighted by Crippen LogP contribution is 2.21. The first-order valence-corrected chi connectivity index (χ1v) is 6.72. The number of hydrogen-bond acceptors (Lipinski definition) is 2. The lowest BCUT2D eigenvalue weighted by molar-refractivity contribution is 0.308. The van der Waals surface area contributed by atoms with Gasteiger partial charge in [0.1, 0.15) is 0 Å². The number of unbranched alkanes of at least 4 members (excludes halogenated alkanes) is 2. The van der Waals surface area contributed by atoms with Gasteiger partial charge in [-0.25, -0.2) is 0 Å². The van der Waals surface area contributed by atoms with E-state index < -0.39 is 0 Å². The quantitative estimate of drug-likeness (QED) is 0.750. The van der Waals surface area contributed by atoms with Crippen LogP contribution < -0.4 is 0 Å². The zero-order valence-electron chi connectivity index (χ0n) is 10.8. The van der Waals surface area contributed by atoms with Gasteiger partial charge in [0.25, 0.3) is 0 Å². The van der Waals surface area contributed by atoms with Crippen LogP contribution in [0.5, 0.6) is 0 Å². The summed E-state index contributed by atoms with van der Waals surface area (Å²) in [5, 5.41) is 4.40. The van der Waals surface area contributed by atoms with Crippen LogP contribution in [0.15, 0.2) is 4.47 Å². The van der Waals surface area contributed by atoms with Crippen molar-refractivity contribution in [1.82, 2.24) is 14.7 Å². The fourth-order valence-corrected chi connectivity index (χ4v) is 2.28. The van der Waals surface area contributed by atoms with E-state index in [4.69, 9.17) is 0 Å². The lowest BCUT2D eigenvalue weighted by Gasteiger charge is -2.16. The van der Waals surface area contributed by atoms with Crippen molar-refractivity contribution in [3.05, 3.63) is 15.9 Å². The molecule has 4 heteroatoms. The van der Waals surface area contributed by atoms with Crippen molar-refractivity contribution in [1.29, 1.82) is 0 Å². The summed E-state index contributed by atoms with van der Waals surface area (Å²) in [6.45, 7) is 6.39. The molecule has 0 N–H and O–H groups in total. The molecule has 0 aliphatic heterocycles. The van der Waals surface area contributed by atoms with Crippen LogP contribution in [0.3, 0.4) is 0 Å². The van der Waals surface area contributed by atoms with Crippen molar-refractivity contribution in [2.24, 2.45) is 7.05 Å². The highest BCUT2D eigenvalue weighted by Gasteiger charge is 2.12. The number of hydrogen-bond donors (Lipinski definition) is 0. The molecule has 0 saturated heterocycles. The molecule has 1 aromatic heterocycles. The Labute approximate surface area is 107 Å². The van der Waals surface area contributed by atoms with Gasteiger partial charge >= 0.3 is 0 Å². The van der Waals surface area contributed by atoms with Gasteiger partial charge in [-0.1, -0.05) is 19.8 Å². The summed E-state index contributed by atoms with van der Waals surface area (Å²) in [5.41, 5.74) is 2.33. The van der Waals surface area contributed by atoms with Crippen molar-refractivity contribution < 1.29 is 0 Å². The van der Waals surface area contributed by atoms with Crippen LogP contribution in [0.25, 0.3) is 0 Å². The zero-order valence-corrected chi connectivity index (χ0v) is 12.3. The fourth-order valence-electron chi connectivity index (χ4n) is 1.82. The molecule has 1 rings (SSSR count). The molecule has 0 fully saturated rings. The predicted molar refractivity (Wildman–Crippen MR) is 71.5 cm³/mol. The Bertz CT molecular complexity index is 333. The molecule has 1 aromatic rings. The summed E-state index contributed by atoms with van der Waals surface area (Å²) in [4.78, 5) is 2.36. The van der Waals surface area contributed by atoms with Crippen LogP contribution >= 0.6 is 15.9 Å². The second kappa shape index (κ2) is 6.40. The molecule has 0 radical (unpaired) electrons. The summed E-state index contributed by atoms with van der Waals surface area (Å²) in [7, 11) is 4.18. The molecule has 0 aromatic carbocycles. The van der Waals surface area contributed by atoms with Gasteiger partial charge in [0, 0.05) is 13.6 Å². The average molecular weight is 288 g/mol. The van der Waals surface area contributed by atoms with Crippen molar-refractivity contribution in [2.75, 3.05) is 13.6 Å². The van der Waals surface area contributed by atoms with Crippen molar-refractivity contribution in [3.8, 4) is 0 Å². The molecule has 0 bridgehead atoms. The predicted octanol–water partition coefficient (Wildman–Crippen LogP) is 3.11. The lowest BCUT2D eigenvalue weighted by atomic mass is 10.2. The first kappa shape index (κ1) is 13.7. The van der Waals surface area contributed by atoms with E-state index in [0.717, 1.165) is 23.3 Å². The summed E-state index contributed by atoms with van der Waals surface area (Å²) >= 11 is 3.60. The molecular weight excluding hydrogens is 266 g/mol. The van der Waals surface area contributed by atoms with Crippen LogP contribution in [0, 0.1) is 6.92 Å². The molecular formula is C12H22BrN3. The highest BCUT2D eigenvalue weighted by atomic mass is 79.9. The van der Waals surface area contributed by atoms with Crippen molar-refractivity contribution in [2.45, 2.75) is 39.7 Å². The van der Waals surface area contributed by atoms with Gasteiger partial charge in [-0.15, -0.1) is 0 Å². The van der Waals surface area contributed by atoms with Crippen LogP contribution in [-0.2, 0) is 13.6 Å². The molecule has 0 unspecified atom stereocenters. The number of aromatic nitrogens is 2. The minimum Gasteiger partial charge on any atom is -0.301 e. The van der Waals surface area contributed by atoms with E-state index in [-0.39, 0.29) is 0 Å². The van der Waals surface area contributed by atoms with Gasteiger partial charge in [0.15, 0.2) is 0 Å². The van der Waals surface area contributed by atoms with E-state index in [1.165, 1.54) is 25.0 Å². The third kappa shape index (κ3) is 3.59. The monoisotopic (exact) mass is 287 g/mol. The molecule has 92 valence electrons. The maximum Gasteiger partial charge on any atom is 0.0739 e. The van der Waals surface area contributed by atoms with Crippen LogP contribution in [0.1, 0.15) is 37.6 Å². The molecule has 0 atom stereocenters. The Kier molecular flexibility index (Phi) is 5.49. The number of rotatable bonds is 6. The Morgan fingerprint density at radius 2 is 2.06 bits per heavy atom. The van der Waals surface area contributed by atoms with E-state index in [0.29, 0.717) is 0 Å². The average Bonchev–Trinajstić information content (AvgIpc) is 2.46. The number of aryl methyl sites for hydroxylation is 2. The third-order valence-electron chi connectivity index (χ3n) is 2.82. The van der Waals surface area contributed by atoms with Crippen molar-refractivity contribution in [3.63, 3.8) is 0 Å². The molecule has 0 amide bonds. The van der Waals surface area contributed by atoms with Crippen LogP contribution in [0.4, 0.5) is 0 Å². The van der Waals surface area contributed by atoms with E-state index in [2.05, 4.69) is 39.9 Å². The molecule has 16 heavy (non-hydrogen) atoms. The topological polar surface area (TPSA) is 21.1 Å². The van der Waals surface area contributed by atoms with E-state index in [9.17, 15) is 0 Å². The van der Waals surface area contributed by atoms with Crippen LogP contribution in [-0.4, -0.2) is 28.3 Å². The fraction of sp³-hybridized carbons (Fsp3) is 0.750. The number of nitrogens with zero attached hydrogens (tertiary/aromatic N) is 3. The highest BCUT2D eigenvalue weighted by molar-refractivity contribution is 9.10. The largest absolute Gasteiger partial charge is 0.301 e. The van der Waals surface area contributed by atoms with E-state index in [1.807, 2.05) is 18.7 Å². The second-order valence-electron chi connectivity index (χ2n) is 4.41. The molecule has 3 nitrogen and oxygen atoms in total. The Balaban J connectivity index is 2.52. The zero-order chi connectivity index (χ0) is 12.1. The van der Waals surface area contributed by atoms with Gasteiger partial charge in [-0.2, -0.15) is 5.10 Å². The second-order valence-corrected chi connectivity index (χ2v) is 5.21. The third-order valence-corrected chi connectivity index (χ3v) is 3.86. The van der Waals surface area contributed by atoms with Gasteiger partial charge < -0.3 is 4.90 Å². The normalized spacial score (nSPS) is 11.4. The van der Waals surface area contributed by atoms with Gasteiger partial charge in [-0.3, -0.25) is 4.68 Å². The smallest absolute Gasteiger partial charge is 0.0739 e. The lowest BCUT2D eigenvalue weighted by Crippen LogP contribution is -2.21. The Hall–Kier alpha value is -0.350. The van der Waals surface area contributed by atoms with Crippen LogP contribution in [0.2, 0.25) is 0 Å². The first-order chi connectivity index (χ1) is 7.56. The summed E-state index contributed by atoms with van der Waals surface area (Å²) in [5.74, 6) is 0. The summed E-state index contributed by atoms with van der Waals surface area (Å²) in [6, 6.07) is 0. The molecule has 0 aliphatic rings. The summed E-state index contributed by atoms with van der Waals surface area (Å²) in [6.07, 6.45) is 3.87. The molecule has 1 heterocycles.